The molecule has 1 unspecified atom stereocenters. The zero-order valence-electron chi connectivity index (χ0n) is 35.0. The molecule has 0 N–H and O–H groups in total. The standard InChI is InChI=1S/C47H84O6/c1-4-7-10-13-15-17-19-21-22-23-24-26-27-29-31-34-37-40-46(49)52-43-44(42-51-45(48)39-36-33-12-9-6-3)53-47(50)41-38-35-32-30-28-25-20-18-16-14-11-8-5-2/h8,11,16,18,25,28,44H,4-7,9-10,12-15,17,19-24,26-27,29-43H2,1-3H3/b11-8-,18-16-,28-25-. The van der Waals surface area contributed by atoms with Gasteiger partial charge in [-0.05, 0) is 51.4 Å². The second-order valence-electron chi connectivity index (χ2n) is 14.9. The first-order chi connectivity index (χ1) is 26.0. The van der Waals surface area contributed by atoms with Crippen LogP contribution in [0.5, 0.6) is 0 Å². The lowest BCUT2D eigenvalue weighted by Gasteiger charge is -2.18. The Morgan fingerprint density at radius 3 is 1.15 bits per heavy atom. The van der Waals surface area contributed by atoms with Gasteiger partial charge >= 0.3 is 17.9 Å². The summed E-state index contributed by atoms with van der Waals surface area (Å²) in [5.41, 5.74) is 0. The highest BCUT2D eigenvalue weighted by Gasteiger charge is 2.19. The number of carbonyl (C=O) groups excluding carboxylic acids is 3. The van der Waals surface area contributed by atoms with Crippen molar-refractivity contribution in [2.75, 3.05) is 13.2 Å². The third-order valence-corrected chi connectivity index (χ3v) is 9.66. The van der Waals surface area contributed by atoms with Gasteiger partial charge in [0.1, 0.15) is 13.2 Å². The minimum atomic E-state index is -0.778. The number of rotatable bonds is 40. The van der Waals surface area contributed by atoms with Crippen LogP contribution in [-0.4, -0.2) is 37.2 Å². The monoisotopic (exact) mass is 745 g/mol. The first-order valence-electron chi connectivity index (χ1n) is 22.5. The minimum Gasteiger partial charge on any atom is -0.462 e. The molecular formula is C47H84O6. The molecule has 0 aromatic rings. The van der Waals surface area contributed by atoms with Crippen LogP contribution in [0.15, 0.2) is 36.5 Å². The molecule has 6 heteroatoms. The summed E-state index contributed by atoms with van der Waals surface area (Å²) in [7, 11) is 0. The molecule has 0 aliphatic rings. The van der Waals surface area contributed by atoms with Crippen LogP contribution in [0.2, 0.25) is 0 Å². The number of carbonyl (C=O) groups is 3. The summed E-state index contributed by atoms with van der Waals surface area (Å²) >= 11 is 0. The van der Waals surface area contributed by atoms with Crippen molar-refractivity contribution in [2.24, 2.45) is 0 Å². The maximum absolute atomic E-state index is 12.6. The third kappa shape index (κ3) is 40.6. The maximum atomic E-state index is 12.6. The Labute approximate surface area is 327 Å². The van der Waals surface area contributed by atoms with E-state index in [1.54, 1.807) is 0 Å². The van der Waals surface area contributed by atoms with Crippen molar-refractivity contribution in [1.29, 1.82) is 0 Å². The van der Waals surface area contributed by atoms with Gasteiger partial charge in [0.05, 0.1) is 0 Å². The van der Waals surface area contributed by atoms with Gasteiger partial charge in [0, 0.05) is 19.3 Å². The van der Waals surface area contributed by atoms with Gasteiger partial charge < -0.3 is 14.2 Å². The molecule has 0 aliphatic carbocycles. The third-order valence-electron chi connectivity index (χ3n) is 9.66. The molecule has 0 rings (SSSR count). The van der Waals surface area contributed by atoms with Gasteiger partial charge in [0.2, 0.25) is 0 Å². The molecule has 1 atom stereocenters. The van der Waals surface area contributed by atoms with Crippen LogP contribution in [0.3, 0.4) is 0 Å². The lowest BCUT2D eigenvalue weighted by molar-refractivity contribution is -0.167. The smallest absolute Gasteiger partial charge is 0.306 e. The zero-order valence-corrected chi connectivity index (χ0v) is 35.0. The van der Waals surface area contributed by atoms with Gasteiger partial charge in [-0.3, -0.25) is 14.4 Å². The molecule has 0 bridgehead atoms. The Morgan fingerprint density at radius 2 is 0.736 bits per heavy atom. The van der Waals surface area contributed by atoms with Gasteiger partial charge in [0.15, 0.2) is 6.10 Å². The molecule has 0 spiro atoms. The second kappa shape index (κ2) is 42.4. The predicted molar refractivity (Wildman–Crippen MR) is 224 cm³/mol. The molecule has 0 radical (unpaired) electrons. The van der Waals surface area contributed by atoms with Crippen LogP contribution < -0.4 is 0 Å². The van der Waals surface area contributed by atoms with Crippen molar-refractivity contribution in [3.05, 3.63) is 36.5 Å². The van der Waals surface area contributed by atoms with Crippen molar-refractivity contribution in [2.45, 2.75) is 232 Å². The van der Waals surface area contributed by atoms with E-state index in [-0.39, 0.29) is 31.1 Å². The van der Waals surface area contributed by atoms with Crippen molar-refractivity contribution in [3.8, 4) is 0 Å². The van der Waals surface area contributed by atoms with E-state index in [9.17, 15) is 14.4 Å². The zero-order chi connectivity index (χ0) is 38.7. The number of ether oxygens (including phenoxy) is 3. The highest BCUT2D eigenvalue weighted by atomic mass is 16.6. The highest BCUT2D eigenvalue weighted by Crippen LogP contribution is 2.15. The summed E-state index contributed by atoms with van der Waals surface area (Å²) in [6, 6.07) is 0. The van der Waals surface area contributed by atoms with E-state index in [1.807, 2.05) is 0 Å². The lowest BCUT2D eigenvalue weighted by atomic mass is 10.0. The Kier molecular flexibility index (Phi) is 40.5. The summed E-state index contributed by atoms with van der Waals surface area (Å²) in [5.74, 6) is -0.923. The summed E-state index contributed by atoms with van der Waals surface area (Å²) in [5, 5.41) is 0. The van der Waals surface area contributed by atoms with Crippen LogP contribution in [0.4, 0.5) is 0 Å². The van der Waals surface area contributed by atoms with E-state index in [1.165, 1.54) is 96.3 Å². The number of hydrogen-bond donors (Lipinski definition) is 0. The quantitative estimate of drug-likeness (QED) is 0.0269. The Morgan fingerprint density at radius 1 is 0.396 bits per heavy atom. The van der Waals surface area contributed by atoms with Gasteiger partial charge in [0.25, 0.3) is 0 Å². The molecule has 0 amide bonds. The van der Waals surface area contributed by atoms with Gasteiger partial charge in [-0.2, -0.15) is 0 Å². The van der Waals surface area contributed by atoms with Crippen LogP contribution in [0.25, 0.3) is 0 Å². The fraction of sp³-hybridized carbons (Fsp3) is 0.809. The van der Waals surface area contributed by atoms with Crippen LogP contribution >= 0.6 is 0 Å². The van der Waals surface area contributed by atoms with Gasteiger partial charge in [-0.15, -0.1) is 0 Å². The number of unbranched alkanes of at least 4 members (excludes halogenated alkanes) is 23. The molecule has 0 saturated carbocycles. The highest BCUT2D eigenvalue weighted by molar-refractivity contribution is 5.71. The summed E-state index contributed by atoms with van der Waals surface area (Å²) in [4.78, 5) is 37.4. The van der Waals surface area contributed by atoms with E-state index in [4.69, 9.17) is 14.2 Å². The summed E-state index contributed by atoms with van der Waals surface area (Å²) in [6.07, 6.45) is 47.3. The second-order valence-corrected chi connectivity index (χ2v) is 14.9. The summed E-state index contributed by atoms with van der Waals surface area (Å²) in [6.45, 7) is 6.41. The first-order valence-corrected chi connectivity index (χ1v) is 22.5. The number of esters is 3. The van der Waals surface area contributed by atoms with Crippen molar-refractivity contribution in [1.82, 2.24) is 0 Å². The van der Waals surface area contributed by atoms with Crippen LogP contribution in [0, 0.1) is 0 Å². The fourth-order valence-corrected chi connectivity index (χ4v) is 6.28. The van der Waals surface area contributed by atoms with Gasteiger partial charge in [-0.25, -0.2) is 0 Å². The summed E-state index contributed by atoms with van der Waals surface area (Å²) < 4.78 is 16.6. The molecule has 0 heterocycles. The van der Waals surface area contributed by atoms with E-state index in [2.05, 4.69) is 57.2 Å². The van der Waals surface area contributed by atoms with E-state index in [0.717, 1.165) is 89.9 Å². The Hall–Kier alpha value is -2.37. The van der Waals surface area contributed by atoms with Crippen LogP contribution in [-0.2, 0) is 28.6 Å². The molecule has 0 aromatic heterocycles. The Balaban J connectivity index is 4.22. The van der Waals surface area contributed by atoms with Crippen LogP contribution in [0.1, 0.15) is 226 Å². The van der Waals surface area contributed by atoms with E-state index >= 15 is 0 Å². The first kappa shape index (κ1) is 50.6. The van der Waals surface area contributed by atoms with Crippen molar-refractivity contribution < 1.29 is 28.6 Å². The molecule has 6 nitrogen and oxygen atoms in total. The molecule has 0 saturated heterocycles. The maximum Gasteiger partial charge on any atom is 0.306 e. The van der Waals surface area contributed by atoms with Gasteiger partial charge in [-0.1, -0.05) is 192 Å². The largest absolute Gasteiger partial charge is 0.462 e. The number of hydrogen-bond acceptors (Lipinski definition) is 6. The van der Waals surface area contributed by atoms with Crippen molar-refractivity contribution in [3.63, 3.8) is 0 Å². The normalized spacial score (nSPS) is 12.3. The SMILES string of the molecule is CC/C=C\C/C=C\C/C=C\CCCCCC(=O)OC(COC(=O)CCCCCCC)COC(=O)CCCCCCCCCCCCCCCCCCC. The van der Waals surface area contributed by atoms with E-state index < -0.39 is 6.10 Å². The average Bonchev–Trinajstić information content (AvgIpc) is 3.15. The molecule has 53 heavy (non-hydrogen) atoms. The number of allylic oxidation sites excluding steroid dienone is 6. The fourth-order valence-electron chi connectivity index (χ4n) is 6.28. The molecular weight excluding hydrogens is 661 g/mol. The van der Waals surface area contributed by atoms with Crippen molar-refractivity contribution >= 4 is 17.9 Å². The minimum absolute atomic E-state index is 0.0819. The lowest BCUT2D eigenvalue weighted by Crippen LogP contribution is -2.30. The Bertz CT molecular complexity index is 907. The molecule has 0 aliphatic heterocycles. The predicted octanol–water partition coefficient (Wildman–Crippen LogP) is 14.2. The van der Waals surface area contributed by atoms with E-state index in [0.29, 0.717) is 19.3 Å². The molecule has 308 valence electrons. The molecule has 0 aromatic carbocycles. The average molecular weight is 745 g/mol. The molecule has 0 fully saturated rings. The topological polar surface area (TPSA) is 78.9 Å².